The van der Waals surface area contributed by atoms with Gasteiger partial charge in [0.2, 0.25) is 0 Å². The van der Waals surface area contributed by atoms with Crippen molar-refractivity contribution in [3.8, 4) is 0 Å². The van der Waals surface area contributed by atoms with Crippen LogP contribution < -0.4 is 10.0 Å². The highest BCUT2D eigenvalue weighted by molar-refractivity contribution is 7.87. The fraction of sp³-hybridized carbons (Fsp3) is 1.00. The Hall–Kier alpha value is -0.210. The summed E-state index contributed by atoms with van der Waals surface area (Å²) in [6.07, 6.45) is 0.801. The van der Waals surface area contributed by atoms with Crippen LogP contribution in [0.1, 0.15) is 34.1 Å². The summed E-state index contributed by atoms with van der Waals surface area (Å²) < 4.78 is 28.9. The summed E-state index contributed by atoms with van der Waals surface area (Å²) in [7, 11) is 2.11. The average Bonchev–Trinajstić information content (AvgIpc) is 2.32. The first-order valence-corrected chi connectivity index (χ1v) is 9.12. The molecule has 0 aromatic heterocycles. The Kier molecular flexibility index (Phi) is 9.64. The molecule has 0 fully saturated rings. The fourth-order valence-electron chi connectivity index (χ4n) is 1.87. The van der Waals surface area contributed by atoms with Gasteiger partial charge in [-0.3, -0.25) is 0 Å². The topological polar surface area (TPSA) is 64.7 Å². The van der Waals surface area contributed by atoms with Gasteiger partial charge in [-0.25, -0.2) is 0 Å². The van der Waals surface area contributed by atoms with E-state index in [2.05, 4.69) is 23.9 Å². The fourth-order valence-corrected chi connectivity index (χ4v) is 3.15. The zero-order valence-electron chi connectivity index (χ0n) is 14.7. The van der Waals surface area contributed by atoms with Gasteiger partial charge in [-0.2, -0.15) is 17.4 Å². The highest BCUT2D eigenvalue weighted by Crippen LogP contribution is 2.06. The van der Waals surface area contributed by atoms with Crippen molar-refractivity contribution >= 4 is 10.2 Å². The Morgan fingerprint density at radius 1 is 1.05 bits per heavy atom. The quantitative estimate of drug-likeness (QED) is 0.550. The molecule has 0 aliphatic heterocycles. The highest BCUT2D eigenvalue weighted by Gasteiger charge is 2.24. The Morgan fingerprint density at radius 2 is 1.62 bits per heavy atom. The predicted octanol–water partition coefficient (Wildman–Crippen LogP) is 0.727. The summed E-state index contributed by atoms with van der Waals surface area (Å²) in [6, 6.07) is 0.344. The molecule has 0 aliphatic rings. The van der Waals surface area contributed by atoms with Gasteiger partial charge < -0.3 is 10.2 Å². The van der Waals surface area contributed by atoms with Gasteiger partial charge in [-0.15, -0.1) is 0 Å². The molecule has 6 nitrogen and oxygen atoms in total. The predicted molar refractivity (Wildman–Crippen MR) is 89.6 cm³/mol. The molecule has 0 saturated heterocycles. The molecule has 0 aromatic rings. The molecule has 0 rings (SSSR count). The Balaban J connectivity index is 4.43. The van der Waals surface area contributed by atoms with E-state index < -0.39 is 10.2 Å². The molecule has 0 heterocycles. The van der Waals surface area contributed by atoms with Gasteiger partial charge in [0.15, 0.2) is 0 Å². The van der Waals surface area contributed by atoms with Crippen LogP contribution in [0.5, 0.6) is 0 Å². The van der Waals surface area contributed by atoms with E-state index in [0.29, 0.717) is 19.1 Å². The normalized spacial score (nSPS) is 14.6. The molecule has 0 aromatic carbocycles. The lowest BCUT2D eigenvalue weighted by molar-refractivity contribution is 0.308. The van der Waals surface area contributed by atoms with Crippen LogP contribution in [0.15, 0.2) is 0 Å². The minimum Gasteiger partial charge on any atom is -0.314 e. The maximum absolute atomic E-state index is 12.3. The first-order valence-electron chi connectivity index (χ1n) is 7.68. The summed E-state index contributed by atoms with van der Waals surface area (Å²) >= 11 is 0. The third-order valence-electron chi connectivity index (χ3n) is 3.28. The molecular weight excluding hydrogens is 288 g/mol. The van der Waals surface area contributed by atoms with Crippen LogP contribution in [-0.2, 0) is 10.2 Å². The minimum atomic E-state index is -3.42. The van der Waals surface area contributed by atoms with E-state index in [9.17, 15) is 8.42 Å². The molecule has 128 valence electrons. The summed E-state index contributed by atoms with van der Waals surface area (Å²) in [5, 5.41) is 3.29. The lowest BCUT2D eigenvalue weighted by atomic mass is 10.1. The Labute approximate surface area is 131 Å². The zero-order chi connectivity index (χ0) is 16.6. The van der Waals surface area contributed by atoms with E-state index in [0.717, 1.165) is 13.0 Å². The molecule has 2 N–H and O–H groups in total. The average molecular weight is 323 g/mol. The summed E-state index contributed by atoms with van der Waals surface area (Å²) in [5.74, 6) is 0.248. The van der Waals surface area contributed by atoms with Crippen molar-refractivity contribution in [3.63, 3.8) is 0 Å². The second-order valence-corrected chi connectivity index (χ2v) is 8.33. The van der Waals surface area contributed by atoms with Crippen molar-refractivity contribution in [2.45, 2.75) is 46.2 Å². The maximum atomic E-state index is 12.3. The smallest absolute Gasteiger partial charge is 0.279 e. The molecule has 0 saturated carbocycles. The largest absolute Gasteiger partial charge is 0.314 e. The monoisotopic (exact) mass is 322 g/mol. The van der Waals surface area contributed by atoms with Crippen molar-refractivity contribution in [2.24, 2.45) is 5.92 Å². The van der Waals surface area contributed by atoms with Crippen LogP contribution in [0.25, 0.3) is 0 Å². The van der Waals surface area contributed by atoms with E-state index in [1.54, 1.807) is 7.05 Å². The Bertz CT molecular complexity index is 369. The molecule has 0 spiro atoms. The van der Waals surface area contributed by atoms with Crippen LogP contribution in [0, 0.1) is 5.92 Å². The molecule has 7 heteroatoms. The van der Waals surface area contributed by atoms with Crippen molar-refractivity contribution in [1.82, 2.24) is 19.2 Å². The lowest BCUT2D eigenvalue weighted by Crippen LogP contribution is -2.50. The molecule has 0 aliphatic carbocycles. The first kappa shape index (κ1) is 20.8. The third kappa shape index (κ3) is 9.42. The highest BCUT2D eigenvalue weighted by atomic mass is 32.2. The van der Waals surface area contributed by atoms with Crippen LogP contribution in [-0.4, -0.2) is 70.5 Å². The number of hydrogen-bond donors (Lipinski definition) is 2. The molecule has 21 heavy (non-hydrogen) atoms. The second-order valence-electron chi connectivity index (χ2n) is 6.52. The van der Waals surface area contributed by atoms with Gasteiger partial charge in [0.05, 0.1) is 0 Å². The molecule has 0 bridgehead atoms. The van der Waals surface area contributed by atoms with Crippen LogP contribution >= 0.6 is 0 Å². The van der Waals surface area contributed by atoms with E-state index >= 15 is 0 Å². The SMILES string of the molecule is CC(C)NCCCN(C)S(=O)(=O)NC(CN(C)C)C(C)C. The van der Waals surface area contributed by atoms with Gasteiger partial charge >= 0.3 is 0 Å². The number of rotatable bonds is 11. The number of nitrogens with zero attached hydrogens (tertiary/aromatic N) is 2. The maximum Gasteiger partial charge on any atom is 0.279 e. The van der Waals surface area contributed by atoms with E-state index in [-0.39, 0.29) is 12.0 Å². The van der Waals surface area contributed by atoms with Crippen molar-refractivity contribution in [3.05, 3.63) is 0 Å². The van der Waals surface area contributed by atoms with Crippen LogP contribution in [0.3, 0.4) is 0 Å². The van der Waals surface area contributed by atoms with Gasteiger partial charge in [0.25, 0.3) is 10.2 Å². The molecular formula is C14H34N4O2S. The lowest BCUT2D eigenvalue weighted by Gasteiger charge is -2.28. The van der Waals surface area contributed by atoms with Gasteiger partial charge in [-0.1, -0.05) is 27.7 Å². The molecule has 0 amide bonds. The molecule has 1 atom stereocenters. The van der Waals surface area contributed by atoms with E-state index in [4.69, 9.17) is 0 Å². The Morgan fingerprint density at radius 3 is 2.05 bits per heavy atom. The van der Waals surface area contributed by atoms with Crippen molar-refractivity contribution < 1.29 is 8.42 Å². The number of hydrogen-bond acceptors (Lipinski definition) is 4. The second kappa shape index (κ2) is 9.74. The van der Waals surface area contributed by atoms with Crippen molar-refractivity contribution in [1.29, 1.82) is 0 Å². The molecule has 0 radical (unpaired) electrons. The van der Waals surface area contributed by atoms with Gasteiger partial charge in [0.1, 0.15) is 0 Å². The minimum absolute atomic E-state index is 0.0822. The molecule has 1 unspecified atom stereocenters. The number of likely N-dealkylation sites (N-methyl/N-ethyl adjacent to an activating group) is 1. The standard InChI is InChI=1S/C14H34N4O2S/c1-12(2)14(11-17(5)6)16-21(19,20)18(7)10-8-9-15-13(3)4/h12-16H,8-11H2,1-7H3. The first-order chi connectivity index (χ1) is 9.56. The summed E-state index contributed by atoms with van der Waals surface area (Å²) in [4.78, 5) is 2.00. The number of nitrogens with one attached hydrogen (secondary N) is 2. The van der Waals surface area contributed by atoms with Crippen molar-refractivity contribution in [2.75, 3.05) is 40.8 Å². The summed E-state index contributed by atoms with van der Waals surface area (Å²) in [5.41, 5.74) is 0. The van der Waals surface area contributed by atoms with Gasteiger partial charge in [0, 0.05) is 32.2 Å². The third-order valence-corrected chi connectivity index (χ3v) is 4.88. The van der Waals surface area contributed by atoms with E-state index in [1.165, 1.54) is 4.31 Å². The van der Waals surface area contributed by atoms with Gasteiger partial charge in [-0.05, 0) is 33.0 Å². The van der Waals surface area contributed by atoms with Crippen LogP contribution in [0.2, 0.25) is 0 Å². The van der Waals surface area contributed by atoms with Crippen LogP contribution in [0.4, 0.5) is 0 Å². The summed E-state index contributed by atoms with van der Waals surface area (Å²) in [6.45, 7) is 10.3. The zero-order valence-corrected chi connectivity index (χ0v) is 15.5. The van der Waals surface area contributed by atoms with E-state index in [1.807, 2.05) is 32.8 Å².